The van der Waals surface area contributed by atoms with Crippen molar-refractivity contribution < 1.29 is 4.52 Å². The topological polar surface area (TPSA) is 51.0 Å². The Bertz CT molecular complexity index is 373. The molecule has 1 aliphatic rings. The third-order valence-corrected chi connectivity index (χ3v) is 3.72. The molecule has 2 rings (SSSR count). The minimum Gasteiger partial charge on any atom is -0.338 e. The number of hydrogen-bond donors (Lipinski definition) is 1. The van der Waals surface area contributed by atoms with Crippen molar-refractivity contribution in [3.05, 3.63) is 11.7 Å². The highest BCUT2D eigenvalue weighted by Crippen LogP contribution is 2.29. The van der Waals surface area contributed by atoms with Crippen molar-refractivity contribution in [1.29, 1.82) is 0 Å². The fourth-order valence-electron chi connectivity index (χ4n) is 2.56. The van der Waals surface area contributed by atoms with Crippen LogP contribution in [-0.4, -0.2) is 15.7 Å². The van der Waals surface area contributed by atoms with Crippen LogP contribution < -0.4 is 5.32 Å². The lowest BCUT2D eigenvalue weighted by Gasteiger charge is -2.18. The Morgan fingerprint density at radius 2 is 1.74 bits per heavy atom. The standard InChI is InChI=1S/C15H27N3O/c1-15(2,3)16-11-13-17-14(18-19-13)12-9-7-5-4-6-8-10-12/h12,16H,4-11H2,1-3H3. The largest absolute Gasteiger partial charge is 0.338 e. The molecule has 1 saturated carbocycles. The van der Waals surface area contributed by atoms with E-state index in [0.29, 0.717) is 18.4 Å². The second-order valence-corrected chi connectivity index (χ2v) is 6.69. The van der Waals surface area contributed by atoms with E-state index in [-0.39, 0.29) is 5.54 Å². The summed E-state index contributed by atoms with van der Waals surface area (Å²) in [6.45, 7) is 7.07. The molecule has 0 amide bonds. The molecule has 0 radical (unpaired) electrons. The predicted molar refractivity (Wildman–Crippen MR) is 76.0 cm³/mol. The van der Waals surface area contributed by atoms with Gasteiger partial charge in [0.05, 0.1) is 6.54 Å². The van der Waals surface area contributed by atoms with Crippen LogP contribution in [0.1, 0.15) is 83.3 Å². The summed E-state index contributed by atoms with van der Waals surface area (Å²) in [5.74, 6) is 2.15. The molecule has 1 aromatic rings. The second-order valence-electron chi connectivity index (χ2n) is 6.69. The highest BCUT2D eigenvalue weighted by atomic mass is 16.5. The first-order valence-corrected chi connectivity index (χ1v) is 7.62. The van der Waals surface area contributed by atoms with Crippen LogP contribution in [0.2, 0.25) is 0 Å². The molecular weight excluding hydrogens is 238 g/mol. The molecule has 19 heavy (non-hydrogen) atoms. The molecule has 108 valence electrons. The summed E-state index contributed by atoms with van der Waals surface area (Å²) >= 11 is 0. The average molecular weight is 265 g/mol. The Labute approximate surface area is 116 Å². The van der Waals surface area contributed by atoms with Crippen LogP contribution in [0.4, 0.5) is 0 Å². The molecule has 0 aromatic carbocycles. The number of nitrogens with zero attached hydrogens (tertiary/aromatic N) is 2. The van der Waals surface area contributed by atoms with Gasteiger partial charge >= 0.3 is 0 Å². The van der Waals surface area contributed by atoms with Crippen molar-refractivity contribution in [3.63, 3.8) is 0 Å². The van der Waals surface area contributed by atoms with Gasteiger partial charge in [-0.3, -0.25) is 0 Å². The van der Waals surface area contributed by atoms with Crippen LogP contribution in [0.15, 0.2) is 4.52 Å². The molecule has 0 saturated heterocycles. The average Bonchev–Trinajstić information content (AvgIpc) is 2.73. The van der Waals surface area contributed by atoms with Gasteiger partial charge in [0, 0.05) is 11.5 Å². The zero-order valence-corrected chi connectivity index (χ0v) is 12.5. The molecule has 1 aliphatic carbocycles. The summed E-state index contributed by atoms with van der Waals surface area (Å²) in [4.78, 5) is 4.57. The van der Waals surface area contributed by atoms with E-state index in [2.05, 4.69) is 36.2 Å². The first-order valence-electron chi connectivity index (χ1n) is 7.62. The molecule has 4 heteroatoms. The Kier molecular flexibility index (Phi) is 4.97. The minimum atomic E-state index is 0.0782. The van der Waals surface area contributed by atoms with Gasteiger partial charge < -0.3 is 9.84 Å². The Morgan fingerprint density at radius 3 is 2.37 bits per heavy atom. The first kappa shape index (κ1) is 14.5. The lowest BCUT2D eigenvalue weighted by molar-refractivity contribution is 0.329. The molecule has 0 unspecified atom stereocenters. The van der Waals surface area contributed by atoms with E-state index in [9.17, 15) is 0 Å². The van der Waals surface area contributed by atoms with Gasteiger partial charge in [-0.1, -0.05) is 37.3 Å². The highest BCUT2D eigenvalue weighted by Gasteiger charge is 2.20. The summed E-state index contributed by atoms with van der Waals surface area (Å²) in [6, 6.07) is 0. The highest BCUT2D eigenvalue weighted by molar-refractivity contribution is 4.96. The maximum Gasteiger partial charge on any atom is 0.240 e. The fourth-order valence-corrected chi connectivity index (χ4v) is 2.56. The van der Waals surface area contributed by atoms with E-state index in [1.807, 2.05) is 0 Å². The lowest BCUT2D eigenvalue weighted by Crippen LogP contribution is -2.35. The molecule has 0 spiro atoms. The Hall–Kier alpha value is -0.900. The van der Waals surface area contributed by atoms with Gasteiger partial charge in [-0.15, -0.1) is 0 Å². The molecule has 1 N–H and O–H groups in total. The maximum atomic E-state index is 5.36. The molecule has 4 nitrogen and oxygen atoms in total. The number of nitrogens with one attached hydrogen (secondary N) is 1. The number of aromatic nitrogens is 2. The van der Waals surface area contributed by atoms with Crippen molar-refractivity contribution in [3.8, 4) is 0 Å². The van der Waals surface area contributed by atoms with Crippen LogP contribution in [0.3, 0.4) is 0 Å². The number of rotatable bonds is 3. The SMILES string of the molecule is CC(C)(C)NCc1nc(C2CCCCCCC2)no1. The lowest BCUT2D eigenvalue weighted by atomic mass is 9.91. The zero-order chi connectivity index (χ0) is 13.7. The van der Waals surface area contributed by atoms with Gasteiger partial charge in [0.1, 0.15) is 0 Å². The molecule has 1 heterocycles. The van der Waals surface area contributed by atoms with Gasteiger partial charge in [0.25, 0.3) is 0 Å². The molecule has 0 aliphatic heterocycles. The van der Waals surface area contributed by atoms with E-state index in [0.717, 1.165) is 5.82 Å². The van der Waals surface area contributed by atoms with Gasteiger partial charge in [-0.2, -0.15) is 4.98 Å². The van der Waals surface area contributed by atoms with Crippen molar-refractivity contribution in [2.75, 3.05) is 0 Å². The third-order valence-electron chi connectivity index (χ3n) is 3.72. The molecule has 1 aromatic heterocycles. The van der Waals surface area contributed by atoms with Crippen molar-refractivity contribution in [1.82, 2.24) is 15.5 Å². The summed E-state index contributed by atoms with van der Waals surface area (Å²) in [7, 11) is 0. The minimum absolute atomic E-state index is 0.0782. The fraction of sp³-hybridized carbons (Fsp3) is 0.867. The second kappa shape index (κ2) is 6.51. The summed E-state index contributed by atoms with van der Waals surface area (Å²) in [6.07, 6.45) is 9.13. The zero-order valence-electron chi connectivity index (χ0n) is 12.5. The van der Waals surface area contributed by atoms with E-state index < -0.39 is 0 Å². The molecule has 1 fully saturated rings. The Balaban J connectivity index is 1.91. The van der Waals surface area contributed by atoms with Crippen LogP contribution in [-0.2, 0) is 6.54 Å². The van der Waals surface area contributed by atoms with Gasteiger partial charge in [0.2, 0.25) is 5.89 Å². The van der Waals surface area contributed by atoms with E-state index in [1.54, 1.807) is 0 Å². The summed E-state index contributed by atoms with van der Waals surface area (Å²) in [5, 5.41) is 7.57. The van der Waals surface area contributed by atoms with Crippen molar-refractivity contribution >= 4 is 0 Å². The summed E-state index contributed by atoms with van der Waals surface area (Å²) < 4.78 is 5.36. The van der Waals surface area contributed by atoms with Crippen LogP contribution >= 0.6 is 0 Å². The maximum absolute atomic E-state index is 5.36. The smallest absolute Gasteiger partial charge is 0.240 e. The van der Waals surface area contributed by atoms with Gasteiger partial charge in [-0.05, 0) is 33.6 Å². The first-order chi connectivity index (χ1) is 9.04. The van der Waals surface area contributed by atoms with Crippen LogP contribution in [0.25, 0.3) is 0 Å². The Morgan fingerprint density at radius 1 is 1.11 bits per heavy atom. The van der Waals surface area contributed by atoms with Crippen molar-refractivity contribution in [2.45, 2.75) is 83.7 Å². The van der Waals surface area contributed by atoms with Crippen molar-refractivity contribution in [2.24, 2.45) is 0 Å². The molecule has 0 atom stereocenters. The van der Waals surface area contributed by atoms with Crippen LogP contribution in [0.5, 0.6) is 0 Å². The van der Waals surface area contributed by atoms with E-state index in [4.69, 9.17) is 4.52 Å². The van der Waals surface area contributed by atoms with E-state index in [1.165, 1.54) is 44.9 Å². The van der Waals surface area contributed by atoms with Crippen LogP contribution in [0, 0.1) is 0 Å². The third kappa shape index (κ3) is 4.94. The van der Waals surface area contributed by atoms with Gasteiger partial charge in [0.15, 0.2) is 5.82 Å². The summed E-state index contributed by atoms with van der Waals surface area (Å²) in [5.41, 5.74) is 0.0782. The number of hydrogen-bond acceptors (Lipinski definition) is 4. The van der Waals surface area contributed by atoms with E-state index >= 15 is 0 Å². The predicted octanol–water partition coefficient (Wildman–Crippen LogP) is 3.79. The molecule has 0 bridgehead atoms. The van der Waals surface area contributed by atoms with Gasteiger partial charge in [-0.25, -0.2) is 0 Å². The molecular formula is C15H27N3O. The normalized spacial score (nSPS) is 19.1. The monoisotopic (exact) mass is 265 g/mol. The quantitative estimate of drug-likeness (QED) is 0.903.